The zero-order valence-corrected chi connectivity index (χ0v) is 6.79. The number of carboxylic acid groups (broad SMARTS) is 1. The molecule has 3 nitrogen and oxygen atoms in total. The second kappa shape index (κ2) is 5.92. The van der Waals surface area contributed by atoms with Crippen LogP contribution in [-0.4, -0.2) is 17.1 Å². The molecule has 0 aromatic carbocycles. The lowest BCUT2D eigenvalue weighted by molar-refractivity contribution is -0.138. The molecule has 0 bridgehead atoms. The summed E-state index contributed by atoms with van der Waals surface area (Å²) in [5.74, 6) is -0.912. The van der Waals surface area contributed by atoms with E-state index in [1.54, 1.807) is 0 Å². The van der Waals surface area contributed by atoms with E-state index in [-0.39, 0.29) is 0 Å². The van der Waals surface area contributed by atoms with Gasteiger partial charge in [-0.1, -0.05) is 12.2 Å². The highest BCUT2D eigenvalue weighted by Gasteiger charge is 2.08. The van der Waals surface area contributed by atoms with Crippen LogP contribution in [-0.2, 0) is 4.79 Å². The van der Waals surface area contributed by atoms with E-state index >= 15 is 0 Å². The molecule has 0 aliphatic heterocycles. The Morgan fingerprint density at radius 2 is 2.36 bits per heavy atom. The molecule has 0 aliphatic carbocycles. The first kappa shape index (κ1) is 10.2. The van der Waals surface area contributed by atoms with Gasteiger partial charge in [0.2, 0.25) is 0 Å². The van der Waals surface area contributed by atoms with E-state index in [9.17, 15) is 4.79 Å². The van der Waals surface area contributed by atoms with E-state index in [4.69, 9.17) is 10.8 Å². The minimum atomic E-state index is -0.912. The SMILES string of the molecule is CC=CCCC[C@H](N)C(=O)O. The van der Waals surface area contributed by atoms with Crippen LogP contribution < -0.4 is 5.73 Å². The molecule has 0 spiro atoms. The summed E-state index contributed by atoms with van der Waals surface area (Å²) in [5, 5.41) is 8.40. The smallest absolute Gasteiger partial charge is 0.320 e. The van der Waals surface area contributed by atoms with Gasteiger partial charge in [0.05, 0.1) is 0 Å². The van der Waals surface area contributed by atoms with Crippen LogP contribution in [0.2, 0.25) is 0 Å². The Balaban J connectivity index is 3.31. The van der Waals surface area contributed by atoms with Crippen LogP contribution in [0.5, 0.6) is 0 Å². The zero-order chi connectivity index (χ0) is 8.69. The Kier molecular flexibility index (Phi) is 5.47. The molecule has 0 saturated carbocycles. The van der Waals surface area contributed by atoms with Crippen LogP contribution in [0, 0.1) is 0 Å². The molecular weight excluding hydrogens is 142 g/mol. The van der Waals surface area contributed by atoms with Crippen molar-refractivity contribution < 1.29 is 9.90 Å². The number of unbranched alkanes of at least 4 members (excludes halogenated alkanes) is 1. The number of hydrogen-bond acceptors (Lipinski definition) is 2. The molecule has 11 heavy (non-hydrogen) atoms. The number of carboxylic acids is 1. The Labute approximate surface area is 66.9 Å². The van der Waals surface area contributed by atoms with E-state index in [1.807, 2.05) is 19.1 Å². The molecule has 0 radical (unpaired) electrons. The van der Waals surface area contributed by atoms with Crippen molar-refractivity contribution in [2.75, 3.05) is 0 Å². The molecule has 0 aromatic rings. The summed E-state index contributed by atoms with van der Waals surface area (Å²) in [7, 11) is 0. The average Bonchev–Trinajstić information content (AvgIpc) is 1.97. The lowest BCUT2D eigenvalue weighted by atomic mass is 10.1. The predicted molar refractivity (Wildman–Crippen MR) is 44.3 cm³/mol. The Bertz CT molecular complexity index is 143. The Morgan fingerprint density at radius 3 is 2.82 bits per heavy atom. The number of nitrogens with two attached hydrogens (primary N) is 1. The molecule has 0 rings (SSSR count). The molecule has 0 aromatic heterocycles. The topological polar surface area (TPSA) is 63.3 Å². The number of carbonyl (C=O) groups is 1. The third-order valence-electron chi connectivity index (χ3n) is 1.44. The van der Waals surface area contributed by atoms with Gasteiger partial charge in [0.1, 0.15) is 6.04 Å². The van der Waals surface area contributed by atoms with Crippen molar-refractivity contribution in [3.05, 3.63) is 12.2 Å². The van der Waals surface area contributed by atoms with E-state index in [0.717, 1.165) is 12.8 Å². The highest BCUT2D eigenvalue weighted by atomic mass is 16.4. The van der Waals surface area contributed by atoms with Gasteiger partial charge in [-0.05, 0) is 26.2 Å². The minimum Gasteiger partial charge on any atom is -0.480 e. The molecule has 0 saturated heterocycles. The minimum absolute atomic E-state index is 0.555. The number of rotatable bonds is 5. The highest BCUT2D eigenvalue weighted by molar-refractivity contribution is 5.72. The van der Waals surface area contributed by atoms with E-state index in [0.29, 0.717) is 6.42 Å². The van der Waals surface area contributed by atoms with Gasteiger partial charge >= 0.3 is 5.97 Å². The second-order valence-electron chi connectivity index (χ2n) is 2.44. The van der Waals surface area contributed by atoms with Gasteiger partial charge < -0.3 is 10.8 Å². The van der Waals surface area contributed by atoms with E-state index in [2.05, 4.69) is 0 Å². The first-order valence-electron chi connectivity index (χ1n) is 3.78. The maximum Gasteiger partial charge on any atom is 0.320 e. The van der Waals surface area contributed by atoms with Crippen molar-refractivity contribution in [3.8, 4) is 0 Å². The molecule has 1 atom stereocenters. The maximum atomic E-state index is 10.2. The molecule has 3 heteroatoms. The third-order valence-corrected chi connectivity index (χ3v) is 1.44. The standard InChI is InChI=1S/C8H15NO2/c1-2-3-4-5-6-7(9)8(10)11/h2-3,7H,4-6,9H2,1H3,(H,10,11)/t7-/m0/s1. The van der Waals surface area contributed by atoms with Gasteiger partial charge in [0.15, 0.2) is 0 Å². The summed E-state index contributed by atoms with van der Waals surface area (Å²) in [6.45, 7) is 1.94. The highest BCUT2D eigenvalue weighted by Crippen LogP contribution is 1.99. The van der Waals surface area contributed by atoms with E-state index < -0.39 is 12.0 Å². The summed E-state index contributed by atoms with van der Waals surface area (Å²) < 4.78 is 0. The van der Waals surface area contributed by atoms with Gasteiger partial charge in [-0.15, -0.1) is 0 Å². The van der Waals surface area contributed by atoms with Gasteiger partial charge in [0.25, 0.3) is 0 Å². The average molecular weight is 157 g/mol. The molecule has 3 N–H and O–H groups in total. The van der Waals surface area contributed by atoms with Gasteiger partial charge in [-0.3, -0.25) is 4.79 Å². The monoisotopic (exact) mass is 157 g/mol. The molecular formula is C8H15NO2. The van der Waals surface area contributed by atoms with Gasteiger partial charge in [-0.2, -0.15) is 0 Å². The van der Waals surface area contributed by atoms with Crippen LogP contribution in [0.25, 0.3) is 0 Å². The van der Waals surface area contributed by atoms with Crippen LogP contribution in [0.4, 0.5) is 0 Å². The molecule has 0 fully saturated rings. The van der Waals surface area contributed by atoms with Crippen LogP contribution >= 0.6 is 0 Å². The summed E-state index contributed by atoms with van der Waals surface area (Å²) >= 11 is 0. The van der Waals surface area contributed by atoms with Crippen molar-refractivity contribution in [2.24, 2.45) is 5.73 Å². The second-order valence-corrected chi connectivity index (χ2v) is 2.44. The first-order chi connectivity index (χ1) is 5.18. The quantitative estimate of drug-likeness (QED) is 0.464. The number of hydrogen-bond donors (Lipinski definition) is 2. The molecule has 64 valence electrons. The summed E-state index contributed by atoms with van der Waals surface area (Å²) in [5.41, 5.74) is 5.28. The third kappa shape index (κ3) is 5.61. The van der Waals surface area contributed by atoms with Crippen molar-refractivity contribution >= 4 is 5.97 Å². The van der Waals surface area contributed by atoms with Crippen molar-refractivity contribution in [3.63, 3.8) is 0 Å². The number of allylic oxidation sites excluding steroid dienone is 2. The lowest BCUT2D eigenvalue weighted by Crippen LogP contribution is -2.29. The number of aliphatic carboxylic acids is 1. The molecule has 0 aliphatic rings. The first-order valence-corrected chi connectivity index (χ1v) is 3.78. The summed E-state index contributed by atoms with van der Waals surface area (Å²) in [6.07, 6.45) is 6.27. The maximum absolute atomic E-state index is 10.2. The fourth-order valence-corrected chi connectivity index (χ4v) is 0.746. The van der Waals surface area contributed by atoms with Crippen molar-refractivity contribution in [1.82, 2.24) is 0 Å². The molecule has 0 unspecified atom stereocenters. The summed E-state index contributed by atoms with van der Waals surface area (Å²) in [4.78, 5) is 10.2. The van der Waals surface area contributed by atoms with Crippen LogP contribution in [0.3, 0.4) is 0 Å². The Hall–Kier alpha value is -0.830. The largest absolute Gasteiger partial charge is 0.480 e. The normalized spacial score (nSPS) is 13.6. The van der Waals surface area contributed by atoms with E-state index in [1.165, 1.54) is 0 Å². The fourth-order valence-electron chi connectivity index (χ4n) is 0.746. The van der Waals surface area contributed by atoms with Crippen LogP contribution in [0.1, 0.15) is 26.2 Å². The van der Waals surface area contributed by atoms with Gasteiger partial charge in [-0.25, -0.2) is 0 Å². The molecule has 0 amide bonds. The lowest BCUT2D eigenvalue weighted by Gasteiger charge is -2.02. The predicted octanol–water partition coefficient (Wildman–Crippen LogP) is 1.14. The zero-order valence-electron chi connectivity index (χ0n) is 6.79. The summed E-state index contributed by atoms with van der Waals surface area (Å²) in [6, 6.07) is -0.694. The van der Waals surface area contributed by atoms with Crippen LogP contribution in [0.15, 0.2) is 12.2 Å². The fraction of sp³-hybridized carbons (Fsp3) is 0.625. The molecule has 0 heterocycles. The van der Waals surface area contributed by atoms with Crippen molar-refractivity contribution in [1.29, 1.82) is 0 Å². The van der Waals surface area contributed by atoms with Gasteiger partial charge in [0, 0.05) is 0 Å². The van der Waals surface area contributed by atoms with Crippen molar-refractivity contribution in [2.45, 2.75) is 32.2 Å². The Morgan fingerprint density at radius 1 is 1.73 bits per heavy atom.